The average molecular weight is 410 g/mol. The molecule has 0 unspecified atom stereocenters. The monoisotopic (exact) mass is 410 g/mol. The Morgan fingerprint density at radius 2 is 2.08 bits per heavy atom. The molecule has 0 aliphatic carbocycles. The molecule has 1 heterocycles. The van der Waals surface area contributed by atoms with Gasteiger partial charge in [0.15, 0.2) is 0 Å². The molecule has 1 aromatic heterocycles. The Hall–Kier alpha value is 0.430. The van der Waals surface area contributed by atoms with Crippen LogP contribution in [0.1, 0.15) is 17.8 Å². The summed E-state index contributed by atoms with van der Waals surface area (Å²) in [6.45, 7) is 0.187. The Morgan fingerprint density at radius 3 is 2.54 bits per heavy atom. The minimum absolute atomic E-state index is 0.173. The maximum atomic E-state index is 12.4. The van der Waals surface area contributed by atoms with Crippen molar-refractivity contribution in [2.75, 3.05) is 0 Å². The van der Waals surface area contributed by atoms with Crippen LogP contribution >= 0.6 is 45.2 Å². The zero-order chi connectivity index (χ0) is 10.0. The maximum absolute atomic E-state index is 12.4. The van der Waals surface area contributed by atoms with Gasteiger partial charge in [-0.25, -0.2) is 13.8 Å². The van der Waals surface area contributed by atoms with E-state index in [-0.39, 0.29) is 12.2 Å². The Labute approximate surface area is 102 Å². The minimum Gasteiger partial charge on any atom is -0.325 e. The van der Waals surface area contributed by atoms with Crippen LogP contribution in [0.4, 0.5) is 8.78 Å². The van der Waals surface area contributed by atoms with E-state index in [0.717, 1.165) is 3.57 Å². The second kappa shape index (κ2) is 4.78. The van der Waals surface area contributed by atoms with Crippen molar-refractivity contribution < 1.29 is 8.78 Å². The van der Waals surface area contributed by atoms with Gasteiger partial charge in [0.05, 0.1) is 9.26 Å². The fraction of sp³-hybridized carbons (Fsp3) is 0.286. The van der Waals surface area contributed by atoms with E-state index in [1.54, 1.807) is 6.07 Å². The van der Waals surface area contributed by atoms with Gasteiger partial charge in [0.25, 0.3) is 6.43 Å². The standard InChI is InChI=1S/C7H6F2I2N2/c8-7(9)6-5(11)4(10)1-3(2-12)13-6/h1,7H,2,12H2. The molecule has 0 spiro atoms. The fourth-order valence-electron chi connectivity index (χ4n) is 0.817. The maximum Gasteiger partial charge on any atom is 0.281 e. The van der Waals surface area contributed by atoms with Gasteiger partial charge in [-0.05, 0) is 51.2 Å². The predicted molar refractivity (Wildman–Crippen MR) is 62.5 cm³/mol. The van der Waals surface area contributed by atoms with E-state index in [1.807, 2.05) is 45.2 Å². The van der Waals surface area contributed by atoms with Crippen molar-refractivity contribution in [2.45, 2.75) is 13.0 Å². The predicted octanol–water partition coefficient (Wildman–Crippen LogP) is 2.69. The van der Waals surface area contributed by atoms with Crippen LogP contribution in [0.5, 0.6) is 0 Å². The Bertz CT molecular complexity index is 318. The summed E-state index contributed by atoms with van der Waals surface area (Å²) >= 11 is 3.86. The normalized spacial score (nSPS) is 10.9. The molecule has 0 fully saturated rings. The van der Waals surface area contributed by atoms with Crippen LogP contribution in [0.15, 0.2) is 6.07 Å². The minimum atomic E-state index is -2.54. The van der Waals surface area contributed by atoms with E-state index >= 15 is 0 Å². The van der Waals surface area contributed by atoms with Gasteiger partial charge in [0.2, 0.25) is 0 Å². The molecular weight excluding hydrogens is 404 g/mol. The summed E-state index contributed by atoms with van der Waals surface area (Å²) < 4.78 is 26.1. The molecule has 0 radical (unpaired) electrons. The first-order valence-electron chi connectivity index (χ1n) is 3.39. The van der Waals surface area contributed by atoms with Crippen molar-refractivity contribution in [3.63, 3.8) is 0 Å². The molecule has 0 aromatic carbocycles. The first-order chi connectivity index (χ1) is 6.06. The number of hydrogen-bond donors (Lipinski definition) is 1. The van der Waals surface area contributed by atoms with Crippen LogP contribution in [-0.4, -0.2) is 4.98 Å². The molecule has 0 atom stereocenters. The van der Waals surface area contributed by atoms with Crippen molar-refractivity contribution >= 4 is 45.2 Å². The molecule has 1 rings (SSSR count). The molecule has 0 aliphatic rings. The second-order valence-electron chi connectivity index (χ2n) is 2.30. The number of nitrogens with two attached hydrogens (primary N) is 1. The van der Waals surface area contributed by atoms with E-state index in [1.165, 1.54) is 0 Å². The van der Waals surface area contributed by atoms with Crippen LogP contribution < -0.4 is 5.73 Å². The highest BCUT2D eigenvalue weighted by Gasteiger charge is 2.16. The molecule has 6 heteroatoms. The summed E-state index contributed by atoms with van der Waals surface area (Å²) in [7, 11) is 0. The van der Waals surface area contributed by atoms with E-state index in [0.29, 0.717) is 9.26 Å². The number of rotatable bonds is 2. The summed E-state index contributed by atoms with van der Waals surface area (Å²) in [6, 6.07) is 1.72. The van der Waals surface area contributed by atoms with Crippen molar-refractivity contribution in [3.8, 4) is 0 Å². The SMILES string of the molecule is NCc1cc(I)c(I)c(C(F)F)n1. The zero-order valence-electron chi connectivity index (χ0n) is 6.40. The smallest absolute Gasteiger partial charge is 0.281 e. The van der Waals surface area contributed by atoms with Crippen LogP contribution in [0.2, 0.25) is 0 Å². The van der Waals surface area contributed by atoms with E-state index in [2.05, 4.69) is 4.98 Å². The fourth-order valence-corrected chi connectivity index (χ4v) is 1.96. The van der Waals surface area contributed by atoms with E-state index in [9.17, 15) is 8.78 Å². The van der Waals surface area contributed by atoms with Gasteiger partial charge in [0.1, 0.15) is 5.69 Å². The lowest BCUT2D eigenvalue weighted by Crippen LogP contribution is -2.06. The molecule has 2 N–H and O–H groups in total. The van der Waals surface area contributed by atoms with Gasteiger partial charge in [-0.2, -0.15) is 0 Å². The lowest BCUT2D eigenvalue weighted by Gasteiger charge is -2.06. The summed E-state index contributed by atoms with van der Waals surface area (Å²) in [4.78, 5) is 3.76. The molecular formula is C7H6F2I2N2. The van der Waals surface area contributed by atoms with Gasteiger partial charge >= 0.3 is 0 Å². The molecule has 13 heavy (non-hydrogen) atoms. The second-order valence-corrected chi connectivity index (χ2v) is 4.54. The largest absolute Gasteiger partial charge is 0.325 e. The van der Waals surface area contributed by atoms with Crippen LogP contribution in [0.3, 0.4) is 0 Å². The van der Waals surface area contributed by atoms with Gasteiger partial charge in [0, 0.05) is 10.1 Å². The molecule has 0 bridgehead atoms. The third-order valence-electron chi connectivity index (χ3n) is 1.41. The highest BCUT2D eigenvalue weighted by Crippen LogP contribution is 2.26. The lowest BCUT2D eigenvalue weighted by atomic mass is 10.3. The van der Waals surface area contributed by atoms with Gasteiger partial charge in [-0.1, -0.05) is 0 Å². The number of hydrogen-bond acceptors (Lipinski definition) is 2. The Balaban J connectivity index is 3.25. The summed E-state index contributed by atoms with van der Waals surface area (Å²) in [5, 5.41) is 0. The van der Waals surface area contributed by atoms with Crippen LogP contribution in [0, 0.1) is 7.14 Å². The van der Waals surface area contributed by atoms with Crippen molar-refractivity contribution in [1.29, 1.82) is 0 Å². The van der Waals surface area contributed by atoms with E-state index < -0.39 is 6.43 Å². The number of alkyl halides is 2. The molecule has 72 valence electrons. The molecule has 0 saturated carbocycles. The Morgan fingerprint density at radius 1 is 1.46 bits per heavy atom. The average Bonchev–Trinajstić information content (AvgIpc) is 2.09. The van der Waals surface area contributed by atoms with Gasteiger partial charge in [-0.3, -0.25) is 0 Å². The Kier molecular flexibility index (Phi) is 4.23. The number of halogens is 4. The van der Waals surface area contributed by atoms with Gasteiger partial charge in [-0.15, -0.1) is 0 Å². The molecule has 2 nitrogen and oxygen atoms in total. The zero-order valence-corrected chi connectivity index (χ0v) is 10.7. The molecule has 0 amide bonds. The topological polar surface area (TPSA) is 38.9 Å². The molecule has 1 aromatic rings. The summed E-state index contributed by atoms with van der Waals surface area (Å²) in [5.74, 6) is 0. The third-order valence-corrected chi connectivity index (χ3v) is 4.42. The number of nitrogens with zero attached hydrogens (tertiary/aromatic N) is 1. The third kappa shape index (κ3) is 2.69. The summed E-state index contributed by atoms with van der Waals surface area (Å²) in [6.07, 6.45) is -2.54. The summed E-state index contributed by atoms with van der Waals surface area (Å²) in [5.41, 5.74) is 5.65. The lowest BCUT2D eigenvalue weighted by molar-refractivity contribution is 0.144. The van der Waals surface area contributed by atoms with Crippen LogP contribution in [-0.2, 0) is 6.54 Å². The number of pyridine rings is 1. The highest BCUT2D eigenvalue weighted by molar-refractivity contribution is 14.1. The first kappa shape index (κ1) is 11.5. The first-order valence-corrected chi connectivity index (χ1v) is 5.55. The van der Waals surface area contributed by atoms with E-state index in [4.69, 9.17) is 5.73 Å². The van der Waals surface area contributed by atoms with Gasteiger partial charge < -0.3 is 5.73 Å². The highest BCUT2D eigenvalue weighted by atomic mass is 127. The quantitative estimate of drug-likeness (QED) is 0.763. The van der Waals surface area contributed by atoms with Crippen molar-refractivity contribution in [3.05, 3.63) is 24.6 Å². The molecule has 0 saturated heterocycles. The molecule has 0 aliphatic heterocycles. The number of aromatic nitrogens is 1. The van der Waals surface area contributed by atoms with Crippen molar-refractivity contribution in [2.24, 2.45) is 5.73 Å². The van der Waals surface area contributed by atoms with Crippen molar-refractivity contribution in [1.82, 2.24) is 4.98 Å². The van der Waals surface area contributed by atoms with Crippen LogP contribution in [0.25, 0.3) is 0 Å².